The third-order valence-electron chi connectivity index (χ3n) is 6.50. The van der Waals surface area contributed by atoms with E-state index in [0.717, 1.165) is 17.7 Å². The molecule has 7 nitrogen and oxygen atoms in total. The number of carbonyl (C=O) groups is 1. The quantitative estimate of drug-likeness (QED) is 0.168. The van der Waals surface area contributed by atoms with E-state index < -0.39 is 5.25 Å². The zero-order chi connectivity index (χ0) is 27.9. The molecule has 1 N–H and O–H groups in total. The molecular weight excluding hydrogens is 534 g/mol. The second-order valence-corrected chi connectivity index (χ2v) is 10.6. The monoisotopic (exact) mass is 565 g/mol. The van der Waals surface area contributed by atoms with Crippen LogP contribution in [0, 0.1) is 0 Å². The van der Waals surface area contributed by atoms with E-state index in [1.165, 1.54) is 31.5 Å². The number of carbonyl (C=O) groups excluding carboxylic acids is 1. The van der Waals surface area contributed by atoms with Crippen LogP contribution in [0.1, 0.15) is 31.4 Å². The molecule has 3 aromatic carbocycles. The van der Waals surface area contributed by atoms with Gasteiger partial charge in [0, 0.05) is 23.3 Å². The van der Waals surface area contributed by atoms with Crippen molar-refractivity contribution in [1.29, 1.82) is 0 Å². The lowest BCUT2D eigenvalue weighted by molar-refractivity contribution is -0.115. The zero-order valence-electron chi connectivity index (χ0n) is 22.5. The van der Waals surface area contributed by atoms with Crippen LogP contribution in [0.5, 0.6) is 11.5 Å². The van der Waals surface area contributed by atoms with Gasteiger partial charge < -0.3 is 14.8 Å². The molecule has 1 atom stereocenters. The van der Waals surface area contributed by atoms with E-state index in [-0.39, 0.29) is 11.5 Å². The Morgan fingerprint density at radius 3 is 2.26 bits per heavy atom. The number of aryl methyl sites for hydroxylation is 2. The van der Waals surface area contributed by atoms with Crippen LogP contribution in [0.15, 0.2) is 70.6 Å². The van der Waals surface area contributed by atoms with Crippen molar-refractivity contribution in [1.82, 2.24) is 9.55 Å². The van der Waals surface area contributed by atoms with Gasteiger partial charge in [0.2, 0.25) is 5.91 Å². The molecule has 0 aliphatic rings. The highest BCUT2D eigenvalue weighted by Crippen LogP contribution is 2.32. The van der Waals surface area contributed by atoms with Crippen LogP contribution in [-0.2, 0) is 24.2 Å². The Labute approximate surface area is 237 Å². The van der Waals surface area contributed by atoms with E-state index in [4.69, 9.17) is 26.1 Å². The average Bonchev–Trinajstić information content (AvgIpc) is 2.96. The van der Waals surface area contributed by atoms with Gasteiger partial charge in [-0.05, 0) is 60.7 Å². The number of hydrogen-bond donors (Lipinski definition) is 1. The summed E-state index contributed by atoms with van der Waals surface area (Å²) in [6, 6.07) is 18.7. The lowest BCUT2D eigenvalue weighted by Crippen LogP contribution is -2.28. The number of benzene rings is 3. The predicted molar refractivity (Wildman–Crippen MR) is 159 cm³/mol. The van der Waals surface area contributed by atoms with Gasteiger partial charge >= 0.3 is 0 Å². The summed E-state index contributed by atoms with van der Waals surface area (Å²) < 4.78 is 12.5. The Morgan fingerprint density at radius 1 is 1.00 bits per heavy atom. The molecule has 0 radical (unpaired) electrons. The first kappa shape index (κ1) is 28.5. The maximum Gasteiger partial charge on any atom is 0.262 e. The Morgan fingerprint density at radius 2 is 1.64 bits per heavy atom. The summed E-state index contributed by atoms with van der Waals surface area (Å²) in [6.07, 6.45) is 2.08. The van der Waals surface area contributed by atoms with Crippen molar-refractivity contribution >= 4 is 45.9 Å². The van der Waals surface area contributed by atoms with E-state index in [2.05, 4.69) is 12.2 Å². The second-order valence-electron chi connectivity index (χ2n) is 9.01. The molecule has 1 heterocycles. The SMILES string of the molecule is CCc1ccc(NC(=O)[C@H](CC)Sc2nc3cc(OC)c(OC)cc3c(=O)n2CCc2ccc(Cl)cc2)cc1. The highest BCUT2D eigenvalue weighted by Gasteiger charge is 2.23. The van der Waals surface area contributed by atoms with Gasteiger partial charge in [-0.1, -0.05) is 61.5 Å². The topological polar surface area (TPSA) is 82.5 Å². The highest BCUT2D eigenvalue weighted by molar-refractivity contribution is 8.00. The van der Waals surface area contributed by atoms with Gasteiger partial charge in [0.15, 0.2) is 16.7 Å². The van der Waals surface area contributed by atoms with Gasteiger partial charge in [0.05, 0.1) is 30.4 Å². The molecule has 1 aromatic heterocycles. The number of hydrogen-bond acceptors (Lipinski definition) is 6. The average molecular weight is 566 g/mol. The number of fused-ring (bicyclic) bond motifs is 1. The number of thioether (sulfide) groups is 1. The number of aromatic nitrogens is 2. The van der Waals surface area contributed by atoms with Gasteiger partial charge in [-0.2, -0.15) is 0 Å². The van der Waals surface area contributed by atoms with Crippen molar-refractivity contribution < 1.29 is 14.3 Å². The maximum absolute atomic E-state index is 13.8. The lowest BCUT2D eigenvalue weighted by Gasteiger charge is -2.19. The van der Waals surface area contributed by atoms with Crippen LogP contribution in [-0.4, -0.2) is 34.9 Å². The summed E-state index contributed by atoms with van der Waals surface area (Å²) >= 11 is 7.33. The fourth-order valence-electron chi connectivity index (χ4n) is 4.20. The number of halogens is 1. The molecule has 0 saturated carbocycles. The van der Waals surface area contributed by atoms with Gasteiger partial charge in [0.1, 0.15) is 0 Å². The molecular formula is C30H32ClN3O4S. The minimum absolute atomic E-state index is 0.141. The predicted octanol–water partition coefficient (Wildman–Crippen LogP) is 6.38. The molecule has 0 bridgehead atoms. The minimum Gasteiger partial charge on any atom is -0.493 e. The first-order valence-electron chi connectivity index (χ1n) is 12.8. The zero-order valence-corrected chi connectivity index (χ0v) is 24.1. The summed E-state index contributed by atoms with van der Waals surface area (Å²) in [5, 5.41) is 4.09. The molecule has 0 unspecified atom stereocenters. The Balaban J connectivity index is 1.70. The molecule has 0 aliphatic carbocycles. The molecule has 0 fully saturated rings. The second kappa shape index (κ2) is 13.0. The van der Waals surface area contributed by atoms with Crippen LogP contribution in [0.25, 0.3) is 10.9 Å². The van der Waals surface area contributed by atoms with Crippen molar-refractivity contribution in [3.8, 4) is 11.5 Å². The van der Waals surface area contributed by atoms with Gasteiger partial charge in [-0.15, -0.1) is 0 Å². The summed E-state index contributed by atoms with van der Waals surface area (Å²) in [6.45, 7) is 4.42. The standard InChI is InChI=1S/C30H32ClN3O4S/c1-5-19-9-13-22(14-10-19)32-28(35)27(6-2)39-30-33-24-18-26(38-4)25(37-3)17-23(24)29(36)34(30)16-15-20-7-11-21(31)12-8-20/h7-14,17-18,27H,5-6,15-16H2,1-4H3,(H,32,35)/t27-/m0/s1. The van der Waals surface area contributed by atoms with Crippen LogP contribution in [0.4, 0.5) is 5.69 Å². The molecule has 0 saturated heterocycles. The summed E-state index contributed by atoms with van der Waals surface area (Å²) in [4.78, 5) is 31.9. The van der Waals surface area contributed by atoms with E-state index in [1.54, 1.807) is 16.7 Å². The highest BCUT2D eigenvalue weighted by atomic mass is 35.5. The van der Waals surface area contributed by atoms with Crippen LogP contribution < -0.4 is 20.3 Å². The van der Waals surface area contributed by atoms with Crippen LogP contribution in [0.2, 0.25) is 5.02 Å². The summed E-state index contributed by atoms with van der Waals surface area (Å²) in [5.74, 6) is 0.790. The van der Waals surface area contributed by atoms with Gasteiger partial charge in [-0.3, -0.25) is 14.2 Å². The maximum atomic E-state index is 13.8. The van der Waals surface area contributed by atoms with E-state index >= 15 is 0 Å². The van der Waals surface area contributed by atoms with Gasteiger partial charge in [0.25, 0.3) is 5.56 Å². The van der Waals surface area contributed by atoms with Crippen molar-refractivity contribution in [2.75, 3.05) is 19.5 Å². The molecule has 204 valence electrons. The van der Waals surface area contributed by atoms with Gasteiger partial charge in [-0.25, -0.2) is 4.98 Å². The molecule has 0 aliphatic heterocycles. The molecule has 1 amide bonds. The van der Waals surface area contributed by atoms with Crippen LogP contribution >= 0.6 is 23.4 Å². The largest absolute Gasteiger partial charge is 0.493 e. The normalized spacial score (nSPS) is 11.8. The Bertz CT molecular complexity index is 1500. The summed E-state index contributed by atoms with van der Waals surface area (Å²) in [5.41, 5.74) is 3.25. The number of nitrogens with one attached hydrogen (secondary N) is 1. The number of nitrogens with zero attached hydrogens (tertiary/aromatic N) is 2. The number of rotatable bonds is 11. The third kappa shape index (κ3) is 6.75. The third-order valence-corrected chi connectivity index (χ3v) is 8.11. The first-order valence-corrected chi connectivity index (χ1v) is 14.1. The molecule has 4 rings (SSSR count). The summed E-state index contributed by atoms with van der Waals surface area (Å²) in [7, 11) is 3.07. The smallest absolute Gasteiger partial charge is 0.262 e. The molecule has 9 heteroatoms. The van der Waals surface area contributed by atoms with E-state index in [0.29, 0.717) is 52.0 Å². The van der Waals surface area contributed by atoms with E-state index in [9.17, 15) is 9.59 Å². The van der Waals surface area contributed by atoms with E-state index in [1.807, 2.05) is 55.5 Å². The fraction of sp³-hybridized carbons (Fsp3) is 0.300. The minimum atomic E-state index is -0.456. The molecule has 0 spiro atoms. The van der Waals surface area contributed by atoms with Crippen molar-refractivity contribution in [2.45, 2.75) is 50.1 Å². The lowest BCUT2D eigenvalue weighted by atomic mass is 10.1. The molecule has 39 heavy (non-hydrogen) atoms. The first-order chi connectivity index (χ1) is 18.9. The van der Waals surface area contributed by atoms with Crippen LogP contribution in [0.3, 0.4) is 0 Å². The van der Waals surface area contributed by atoms with Crippen molar-refractivity contribution in [3.05, 3.63) is 87.2 Å². The Kier molecular flexibility index (Phi) is 9.54. The van der Waals surface area contributed by atoms with Crippen molar-refractivity contribution in [3.63, 3.8) is 0 Å². The Hall–Kier alpha value is -3.49. The fourth-order valence-corrected chi connectivity index (χ4v) is 5.37. The number of methoxy groups -OCH3 is 2. The number of amides is 1. The number of ether oxygens (including phenoxy) is 2. The van der Waals surface area contributed by atoms with Crippen molar-refractivity contribution in [2.24, 2.45) is 0 Å². The number of anilines is 1. The molecule has 4 aromatic rings.